The van der Waals surface area contributed by atoms with Gasteiger partial charge in [-0.25, -0.2) is 4.79 Å². The zero-order valence-electron chi connectivity index (χ0n) is 9.65. The summed E-state index contributed by atoms with van der Waals surface area (Å²) >= 11 is 0. The first-order valence-electron chi connectivity index (χ1n) is 5.18. The number of amides is 1. The summed E-state index contributed by atoms with van der Waals surface area (Å²) in [6, 6.07) is 0. The number of allylic oxidation sites excluding steroid dienone is 1. The highest BCUT2D eigenvalue weighted by Crippen LogP contribution is 2.14. The van der Waals surface area contributed by atoms with Crippen LogP contribution in [0.1, 0.15) is 27.2 Å². The number of carboxylic acids is 1. The van der Waals surface area contributed by atoms with Crippen LogP contribution in [0, 0.1) is 5.92 Å². The van der Waals surface area contributed by atoms with E-state index < -0.39 is 12.1 Å². The first kappa shape index (κ1) is 12.4. The molecule has 0 aromatic heterocycles. The smallest absolute Gasteiger partial charge is 0.331 e. The third-order valence-corrected chi connectivity index (χ3v) is 2.26. The summed E-state index contributed by atoms with van der Waals surface area (Å²) in [7, 11) is 0. The monoisotopic (exact) mass is 224 g/mol. The van der Waals surface area contributed by atoms with E-state index in [1.807, 2.05) is 0 Å². The average molecular weight is 224 g/mol. The first-order chi connectivity index (χ1) is 7.40. The lowest BCUT2D eigenvalue weighted by Crippen LogP contribution is -2.38. The largest absolute Gasteiger partial charge is 0.478 e. The molecular formula is C11H16N2O3. The van der Waals surface area contributed by atoms with Crippen molar-refractivity contribution < 1.29 is 14.7 Å². The molecule has 16 heavy (non-hydrogen) atoms. The van der Waals surface area contributed by atoms with Crippen LogP contribution in [0.25, 0.3) is 0 Å². The normalized spacial score (nSPS) is 20.1. The fourth-order valence-corrected chi connectivity index (χ4v) is 1.41. The average Bonchev–Trinajstić information content (AvgIpc) is 2.16. The van der Waals surface area contributed by atoms with Crippen LogP contribution in [-0.4, -0.2) is 28.9 Å². The number of rotatable bonds is 3. The number of carboxylic acid groups (broad SMARTS) is 1. The Kier molecular flexibility index (Phi) is 3.82. The van der Waals surface area contributed by atoms with E-state index in [-0.39, 0.29) is 23.8 Å². The second kappa shape index (κ2) is 4.92. The van der Waals surface area contributed by atoms with Gasteiger partial charge in [-0.3, -0.25) is 9.79 Å². The number of carbonyl (C=O) groups is 2. The third-order valence-electron chi connectivity index (χ3n) is 2.26. The van der Waals surface area contributed by atoms with Crippen LogP contribution >= 0.6 is 0 Å². The Hall–Kier alpha value is -1.65. The summed E-state index contributed by atoms with van der Waals surface area (Å²) < 4.78 is 0. The molecule has 1 aliphatic rings. The number of dihydropyridines is 1. The van der Waals surface area contributed by atoms with Crippen molar-refractivity contribution >= 4 is 17.6 Å². The third kappa shape index (κ3) is 3.18. The fourth-order valence-electron chi connectivity index (χ4n) is 1.41. The molecule has 0 bridgehead atoms. The molecule has 0 radical (unpaired) electrons. The van der Waals surface area contributed by atoms with Crippen molar-refractivity contribution in [2.75, 3.05) is 0 Å². The summed E-state index contributed by atoms with van der Waals surface area (Å²) in [5.41, 5.74) is 0.902. The molecule has 5 nitrogen and oxygen atoms in total. The van der Waals surface area contributed by atoms with Crippen LogP contribution in [-0.2, 0) is 9.59 Å². The van der Waals surface area contributed by atoms with Crippen LogP contribution in [0.2, 0.25) is 0 Å². The number of aliphatic imine (C=N–C) groups is 1. The highest BCUT2D eigenvalue weighted by atomic mass is 16.4. The highest BCUT2D eigenvalue weighted by Gasteiger charge is 2.21. The Morgan fingerprint density at radius 3 is 2.69 bits per heavy atom. The number of aliphatic carboxylic acids is 1. The van der Waals surface area contributed by atoms with Crippen molar-refractivity contribution in [3.63, 3.8) is 0 Å². The molecule has 1 aliphatic heterocycles. The van der Waals surface area contributed by atoms with Gasteiger partial charge in [-0.15, -0.1) is 0 Å². The number of carbonyl (C=O) groups excluding carboxylic acids is 1. The number of nitrogens with zero attached hydrogens (tertiary/aromatic N) is 1. The second-order valence-electron chi connectivity index (χ2n) is 4.13. The summed E-state index contributed by atoms with van der Waals surface area (Å²) in [5.74, 6) is -1.21. The Morgan fingerprint density at radius 1 is 1.56 bits per heavy atom. The molecule has 0 saturated carbocycles. The van der Waals surface area contributed by atoms with Gasteiger partial charge in [0.1, 0.15) is 6.17 Å². The molecular weight excluding hydrogens is 208 g/mol. The molecule has 1 unspecified atom stereocenters. The SMILES string of the molecule is CC1=NC(NC(=O)C(C)C)CC(C(=O)O)=C1. The summed E-state index contributed by atoms with van der Waals surface area (Å²) in [5, 5.41) is 11.6. The molecule has 0 aromatic carbocycles. The lowest BCUT2D eigenvalue weighted by Gasteiger charge is -2.20. The number of hydrogen-bond donors (Lipinski definition) is 2. The molecule has 0 aliphatic carbocycles. The maximum Gasteiger partial charge on any atom is 0.331 e. The van der Waals surface area contributed by atoms with E-state index in [0.717, 1.165) is 0 Å². The molecule has 2 N–H and O–H groups in total. The Labute approximate surface area is 94.3 Å². The molecule has 1 heterocycles. The van der Waals surface area contributed by atoms with Gasteiger partial charge in [-0.2, -0.15) is 0 Å². The predicted molar refractivity (Wildman–Crippen MR) is 60.2 cm³/mol. The van der Waals surface area contributed by atoms with Gasteiger partial charge in [0.15, 0.2) is 0 Å². The van der Waals surface area contributed by atoms with Crippen molar-refractivity contribution in [3.05, 3.63) is 11.6 Å². The summed E-state index contributed by atoms with van der Waals surface area (Å²) in [6.45, 7) is 5.28. The summed E-state index contributed by atoms with van der Waals surface area (Å²) in [4.78, 5) is 26.5. The number of hydrogen-bond acceptors (Lipinski definition) is 3. The first-order valence-corrected chi connectivity index (χ1v) is 5.18. The highest BCUT2D eigenvalue weighted by molar-refractivity contribution is 6.01. The van der Waals surface area contributed by atoms with Gasteiger partial charge in [0.2, 0.25) is 5.91 Å². The minimum Gasteiger partial charge on any atom is -0.478 e. The van der Waals surface area contributed by atoms with Crippen LogP contribution in [0.3, 0.4) is 0 Å². The van der Waals surface area contributed by atoms with Crippen molar-refractivity contribution in [1.82, 2.24) is 5.32 Å². The predicted octanol–water partition coefficient (Wildman–Crippen LogP) is 0.960. The Balaban J connectivity index is 2.70. The van der Waals surface area contributed by atoms with Gasteiger partial charge in [0, 0.05) is 23.6 Å². The fraction of sp³-hybridized carbons (Fsp3) is 0.545. The number of nitrogens with one attached hydrogen (secondary N) is 1. The summed E-state index contributed by atoms with van der Waals surface area (Å²) in [6.07, 6.45) is 1.32. The van der Waals surface area contributed by atoms with E-state index in [4.69, 9.17) is 5.11 Å². The zero-order chi connectivity index (χ0) is 12.3. The van der Waals surface area contributed by atoms with E-state index in [1.54, 1.807) is 20.8 Å². The van der Waals surface area contributed by atoms with E-state index >= 15 is 0 Å². The molecule has 1 atom stereocenters. The maximum atomic E-state index is 11.4. The molecule has 1 rings (SSSR count). The minimum atomic E-state index is -0.960. The van der Waals surface area contributed by atoms with E-state index in [0.29, 0.717) is 5.71 Å². The van der Waals surface area contributed by atoms with Gasteiger partial charge in [-0.1, -0.05) is 13.8 Å². The molecule has 0 saturated heterocycles. The van der Waals surface area contributed by atoms with Crippen molar-refractivity contribution in [3.8, 4) is 0 Å². The maximum absolute atomic E-state index is 11.4. The molecule has 5 heteroatoms. The standard InChI is InChI=1S/C11H16N2O3/c1-6(2)10(14)13-9-5-8(11(15)16)4-7(3)12-9/h4,6,9H,5H2,1-3H3,(H,13,14)(H,15,16). The Bertz CT molecular complexity index is 369. The minimum absolute atomic E-state index is 0.117. The van der Waals surface area contributed by atoms with Crippen LogP contribution < -0.4 is 5.32 Å². The molecule has 88 valence electrons. The quantitative estimate of drug-likeness (QED) is 0.749. The van der Waals surface area contributed by atoms with E-state index in [9.17, 15) is 9.59 Å². The molecule has 0 fully saturated rings. The lowest BCUT2D eigenvalue weighted by molar-refractivity contribution is -0.133. The van der Waals surface area contributed by atoms with Crippen molar-refractivity contribution in [1.29, 1.82) is 0 Å². The van der Waals surface area contributed by atoms with Crippen LogP contribution in [0.15, 0.2) is 16.6 Å². The van der Waals surface area contributed by atoms with Crippen molar-refractivity contribution in [2.24, 2.45) is 10.9 Å². The molecule has 0 spiro atoms. The topological polar surface area (TPSA) is 78.8 Å². The van der Waals surface area contributed by atoms with E-state index in [1.165, 1.54) is 6.08 Å². The molecule has 0 aromatic rings. The van der Waals surface area contributed by atoms with Crippen LogP contribution in [0.5, 0.6) is 0 Å². The van der Waals surface area contributed by atoms with Crippen LogP contribution in [0.4, 0.5) is 0 Å². The Morgan fingerprint density at radius 2 is 2.19 bits per heavy atom. The van der Waals surface area contributed by atoms with Gasteiger partial charge in [-0.05, 0) is 13.0 Å². The van der Waals surface area contributed by atoms with Crippen molar-refractivity contribution in [2.45, 2.75) is 33.4 Å². The van der Waals surface area contributed by atoms with Gasteiger partial charge in [0.25, 0.3) is 0 Å². The second-order valence-corrected chi connectivity index (χ2v) is 4.13. The molecule has 1 amide bonds. The van der Waals surface area contributed by atoms with Gasteiger partial charge >= 0.3 is 5.97 Å². The van der Waals surface area contributed by atoms with E-state index in [2.05, 4.69) is 10.3 Å². The lowest BCUT2D eigenvalue weighted by atomic mass is 10.1. The zero-order valence-corrected chi connectivity index (χ0v) is 9.65. The van der Waals surface area contributed by atoms with Gasteiger partial charge < -0.3 is 10.4 Å². The van der Waals surface area contributed by atoms with Gasteiger partial charge in [0.05, 0.1) is 0 Å².